The van der Waals surface area contributed by atoms with Gasteiger partial charge in [-0.25, -0.2) is 4.39 Å². The maximum atomic E-state index is 13.4. The third-order valence-electron chi connectivity index (χ3n) is 2.90. The first-order valence-corrected chi connectivity index (χ1v) is 6.34. The molecule has 2 heterocycles. The van der Waals surface area contributed by atoms with E-state index in [-0.39, 0.29) is 30.8 Å². The highest BCUT2D eigenvalue weighted by molar-refractivity contribution is 5.85. The Bertz CT molecular complexity index is 575. The second-order valence-electron chi connectivity index (χ2n) is 4.35. The topological polar surface area (TPSA) is 69.4 Å². The molecule has 0 aliphatic carbocycles. The Morgan fingerprint density at radius 2 is 2.24 bits per heavy atom. The standard InChI is InChI=1S/C13H14FN3O3.ClH/c14-9-3-1-2-4-11(9)19-8-12-16-13(20-17-12)10-7-18-6-5-15-10;/h1-4,10,15H,5-8H2;1H. The molecule has 0 spiro atoms. The molecular formula is C13H15ClFN3O3. The second-order valence-corrected chi connectivity index (χ2v) is 4.35. The van der Waals surface area contributed by atoms with Crippen LogP contribution in [0.1, 0.15) is 17.8 Å². The summed E-state index contributed by atoms with van der Waals surface area (Å²) >= 11 is 0. The molecule has 1 atom stereocenters. The third kappa shape index (κ3) is 3.90. The van der Waals surface area contributed by atoms with Gasteiger partial charge in [-0.05, 0) is 12.1 Å². The van der Waals surface area contributed by atoms with Crippen LogP contribution in [0, 0.1) is 5.82 Å². The van der Waals surface area contributed by atoms with E-state index in [4.69, 9.17) is 14.0 Å². The van der Waals surface area contributed by atoms with Crippen LogP contribution < -0.4 is 10.1 Å². The zero-order valence-electron chi connectivity index (χ0n) is 11.1. The second kappa shape index (κ2) is 7.35. The van der Waals surface area contributed by atoms with Crippen molar-refractivity contribution in [3.8, 4) is 5.75 Å². The van der Waals surface area contributed by atoms with Crippen LogP contribution >= 0.6 is 12.4 Å². The van der Waals surface area contributed by atoms with Gasteiger partial charge in [-0.2, -0.15) is 4.98 Å². The summed E-state index contributed by atoms with van der Waals surface area (Å²) in [5.41, 5.74) is 0. The number of benzene rings is 1. The zero-order chi connectivity index (χ0) is 13.8. The van der Waals surface area contributed by atoms with Gasteiger partial charge in [-0.1, -0.05) is 17.3 Å². The number of rotatable bonds is 4. The number of hydrogen-bond acceptors (Lipinski definition) is 6. The van der Waals surface area contributed by atoms with Gasteiger partial charge in [0.25, 0.3) is 0 Å². The molecule has 3 rings (SSSR count). The SMILES string of the molecule is Cl.Fc1ccccc1OCc1noc(C2COCCN2)n1. The lowest BCUT2D eigenvalue weighted by atomic mass is 10.3. The van der Waals surface area contributed by atoms with Crippen LogP contribution in [0.2, 0.25) is 0 Å². The van der Waals surface area contributed by atoms with Crippen LogP contribution in [0.5, 0.6) is 5.75 Å². The van der Waals surface area contributed by atoms with Gasteiger partial charge in [0.2, 0.25) is 11.7 Å². The minimum absolute atomic E-state index is 0. The Morgan fingerprint density at radius 1 is 1.38 bits per heavy atom. The maximum Gasteiger partial charge on any atom is 0.246 e. The van der Waals surface area contributed by atoms with Crippen molar-refractivity contribution in [3.63, 3.8) is 0 Å². The first kappa shape index (κ1) is 15.7. The van der Waals surface area contributed by atoms with Crippen molar-refractivity contribution in [2.45, 2.75) is 12.6 Å². The van der Waals surface area contributed by atoms with Crippen molar-refractivity contribution in [2.75, 3.05) is 19.8 Å². The lowest BCUT2D eigenvalue weighted by Crippen LogP contribution is -2.34. The lowest BCUT2D eigenvalue weighted by Gasteiger charge is -2.20. The summed E-state index contributed by atoms with van der Waals surface area (Å²) in [6.07, 6.45) is 0. The number of nitrogens with zero attached hydrogens (tertiary/aromatic N) is 2. The van der Waals surface area contributed by atoms with Gasteiger partial charge in [-0.3, -0.25) is 0 Å². The van der Waals surface area contributed by atoms with E-state index >= 15 is 0 Å². The highest BCUT2D eigenvalue weighted by atomic mass is 35.5. The molecule has 8 heteroatoms. The molecule has 6 nitrogen and oxygen atoms in total. The summed E-state index contributed by atoms with van der Waals surface area (Å²) in [5, 5.41) is 7.02. The van der Waals surface area contributed by atoms with Crippen molar-refractivity contribution in [1.29, 1.82) is 0 Å². The number of nitrogens with one attached hydrogen (secondary N) is 1. The molecule has 1 aromatic heterocycles. The van der Waals surface area contributed by atoms with Crippen LogP contribution in [0.3, 0.4) is 0 Å². The molecule has 1 fully saturated rings. The average Bonchev–Trinajstić information content (AvgIpc) is 2.96. The monoisotopic (exact) mass is 315 g/mol. The van der Waals surface area contributed by atoms with Gasteiger partial charge in [0.1, 0.15) is 6.04 Å². The lowest BCUT2D eigenvalue weighted by molar-refractivity contribution is 0.0659. The smallest absolute Gasteiger partial charge is 0.246 e. The van der Waals surface area contributed by atoms with Crippen LogP contribution in [0.15, 0.2) is 28.8 Å². The van der Waals surface area contributed by atoms with E-state index < -0.39 is 5.82 Å². The fourth-order valence-electron chi connectivity index (χ4n) is 1.90. The molecule has 1 saturated heterocycles. The van der Waals surface area contributed by atoms with E-state index in [1.165, 1.54) is 6.07 Å². The molecule has 1 aromatic carbocycles. The van der Waals surface area contributed by atoms with Crippen LogP contribution in [0.4, 0.5) is 4.39 Å². The van der Waals surface area contributed by atoms with Crippen molar-refractivity contribution in [1.82, 2.24) is 15.5 Å². The van der Waals surface area contributed by atoms with E-state index in [0.29, 0.717) is 24.9 Å². The minimum Gasteiger partial charge on any atom is -0.482 e. The van der Waals surface area contributed by atoms with E-state index in [0.717, 1.165) is 6.54 Å². The van der Waals surface area contributed by atoms with Gasteiger partial charge in [0.15, 0.2) is 18.2 Å². The Morgan fingerprint density at radius 3 is 3.00 bits per heavy atom. The maximum absolute atomic E-state index is 13.4. The highest BCUT2D eigenvalue weighted by Crippen LogP contribution is 2.17. The molecular weight excluding hydrogens is 301 g/mol. The summed E-state index contributed by atoms with van der Waals surface area (Å²) in [4.78, 5) is 4.21. The van der Waals surface area contributed by atoms with E-state index in [1.807, 2.05) is 0 Å². The molecule has 0 bridgehead atoms. The molecule has 21 heavy (non-hydrogen) atoms. The number of para-hydroxylation sites is 1. The third-order valence-corrected chi connectivity index (χ3v) is 2.90. The first-order valence-electron chi connectivity index (χ1n) is 6.34. The minimum atomic E-state index is -0.418. The van der Waals surface area contributed by atoms with Gasteiger partial charge in [-0.15, -0.1) is 12.4 Å². The van der Waals surface area contributed by atoms with Crippen LogP contribution in [-0.2, 0) is 11.3 Å². The molecule has 1 aliphatic heterocycles. The molecule has 0 amide bonds. The zero-order valence-corrected chi connectivity index (χ0v) is 11.9. The summed E-state index contributed by atoms with van der Waals surface area (Å²) in [7, 11) is 0. The largest absolute Gasteiger partial charge is 0.482 e. The molecule has 1 aliphatic rings. The Hall–Kier alpha value is -1.70. The Labute approximate surface area is 127 Å². The summed E-state index contributed by atoms with van der Waals surface area (Å²) in [6, 6.07) is 6.08. The number of hydrogen-bond donors (Lipinski definition) is 1. The first-order chi connectivity index (χ1) is 9.83. The number of morpholine rings is 1. The van der Waals surface area contributed by atoms with Crippen molar-refractivity contribution >= 4 is 12.4 Å². The molecule has 0 radical (unpaired) electrons. The van der Waals surface area contributed by atoms with Crippen molar-refractivity contribution < 1.29 is 18.4 Å². The summed E-state index contributed by atoms with van der Waals surface area (Å²) in [6.45, 7) is 1.97. The highest BCUT2D eigenvalue weighted by Gasteiger charge is 2.21. The fourth-order valence-corrected chi connectivity index (χ4v) is 1.90. The molecule has 114 valence electrons. The van der Waals surface area contributed by atoms with Gasteiger partial charge in [0, 0.05) is 6.54 Å². The Balaban J connectivity index is 0.00000161. The van der Waals surface area contributed by atoms with Crippen LogP contribution in [-0.4, -0.2) is 29.9 Å². The van der Waals surface area contributed by atoms with Crippen molar-refractivity contribution in [2.24, 2.45) is 0 Å². The van der Waals surface area contributed by atoms with Crippen molar-refractivity contribution in [3.05, 3.63) is 41.8 Å². The average molecular weight is 316 g/mol. The number of ether oxygens (including phenoxy) is 2. The Kier molecular flexibility index (Phi) is 5.49. The predicted molar refractivity (Wildman–Crippen MR) is 73.8 cm³/mol. The molecule has 0 saturated carbocycles. The predicted octanol–water partition coefficient (Wildman–Crippen LogP) is 1.87. The van der Waals surface area contributed by atoms with Gasteiger partial charge < -0.3 is 19.3 Å². The summed E-state index contributed by atoms with van der Waals surface area (Å²) in [5.74, 6) is 0.573. The quantitative estimate of drug-likeness (QED) is 0.929. The van der Waals surface area contributed by atoms with Gasteiger partial charge >= 0.3 is 0 Å². The molecule has 1 unspecified atom stereocenters. The molecule has 1 N–H and O–H groups in total. The van der Waals surface area contributed by atoms with E-state index in [1.54, 1.807) is 18.2 Å². The number of aromatic nitrogens is 2. The normalized spacial score (nSPS) is 18.0. The van der Waals surface area contributed by atoms with Crippen LogP contribution in [0.25, 0.3) is 0 Å². The summed E-state index contributed by atoms with van der Waals surface area (Å²) < 4.78 is 29.1. The number of halogens is 2. The van der Waals surface area contributed by atoms with Gasteiger partial charge in [0.05, 0.1) is 13.2 Å². The van der Waals surface area contributed by atoms with E-state index in [9.17, 15) is 4.39 Å². The molecule has 2 aromatic rings. The fraction of sp³-hybridized carbons (Fsp3) is 0.385. The van der Waals surface area contributed by atoms with E-state index in [2.05, 4.69) is 15.5 Å².